The van der Waals surface area contributed by atoms with E-state index in [4.69, 9.17) is 0 Å². The van der Waals surface area contributed by atoms with Crippen molar-refractivity contribution >= 4 is 41.5 Å². The number of anilines is 1. The second kappa shape index (κ2) is 11.0. The molecule has 1 amide bonds. The maximum atomic E-state index is 13.3. The molecule has 1 aliphatic heterocycles. The molecule has 5 nitrogen and oxygen atoms in total. The summed E-state index contributed by atoms with van der Waals surface area (Å²) in [5.74, 6) is 0.623. The molecule has 7 heteroatoms. The van der Waals surface area contributed by atoms with E-state index in [1.54, 1.807) is 6.07 Å². The molecule has 0 radical (unpaired) electrons. The van der Waals surface area contributed by atoms with Gasteiger partial charge in [0.2, 0.25) is 5.91 Å². The van der Waals surface area contributed by atoms with Crippen LogP contribution in [0.4, 0.5) is 10.1 Å². The summed E-state index contributed by atoms with van der Waals surface area (Å²) >= 11 is 0. The molecule has 0 aliphatic carbocycles. The summed E-state index contributed by atoms with van der Waals surface area (Å²) in [6.07, 6.45) is 1.56. The van der Waals surface area contributed by atoms with Crippen LogP contribution in [-0.4, -0.2) is 25.0 Å². The van der Waals surface area contributed by atoms with Gasteiger partial charge in [0.25, 0.3) is 0 Å². The first-order valence-corrected chi connectivity index (χ1v) is 9.31. The number of rotatable bonds is 6. The lowest BCUT2D eigenvalue weighted by atomic mass is 10.2. The lowest BCUT2D eigenvalue weighted by Crippen LogP contribution is -2.36. The van der Waals surface area contributed by atoms with Crippen LogP contribution in [0.1, 0.15) is 30.9 Å². The van der Waals surface area contributed by atoms with Crippen molar-refractivity contribution in [1.29, 1.82) is 0 Å². The summed E-state index contributed by atoms with van der Waals surface area (Å²) < 4.78 is 13.3. The number of hydrogen-bond donors (Lipinski definition) is 2. The summed E-state index contributed by atoms with van der Waals surface area (Å²) in [6.45, 7) is 4.56. The van der Waals surface area contributed by atoms with Crippen LogP contribution in [0.2, 0.25) is 0 Å². The number of nitrogens with zero attached hydrogens (tertiary/aromatic N) is 2. The highest BCUT2D eigenvalue weighted by molar-refractivity contribution is 14.0. The van der Waals surface area contributed by atoms with E-state index in [1.807, 2.05) is 42.2 Å². The Hall–Kier alpha value is -2.16. The van der Waals surface area contributed by atoms with Gasteiger partial charge >= 0.3 is 0 Å². The normalized spacial score (nSPS) is 14.0. The Labute approximate surface area is 182 Å². The van der Waals surface area contributed by atoms with Crippen LogP contribution in [0.5, 0.6) is 0 Å². The van der Waals surface area contributed by atoms with Crippen molar-refractivity contribution in [3.63, 3.8) is 0 Å². The molecule has 0 saturated carbocycles. The SMILES string of the molecule is CCNC(=NCc1cccc(F)c1)NCc1ccc(N2CCCC2=O)cc1.I. The largest absolute Gasteiger partial charge is 0.357 e. The van der Waals surface area contributed by atoms with Gasteiger partial charge in [-0.2, -0.15) is 0 Å². The number of carbonyl (C=O) groups excluding carboxylic acids is 1. The predicted octanol–water partition coefficient (Wildman–Crippen LogP) is 3.83. The van der Waals surface area contributed by atoms with Gasteiger partial charge in [0.05, 0.1) is 6.54 Å². The first kappa shape index (κ1) is 22.1. The molecule has 28 heavy (non-hydrogen) atoms. The monoisotopic (exact) mass is 496 g/mol. The minimum atomic E-state index is -0.253. The molecule has 2 aromatic rings. The number of hydrogen-bond acceptors (Lipinski definition) is 2. The second-order valence-corrected chi connectivity index (χ2v) is 6.49. The van der Waals surface area contributed by atoms with Crippen molar-refractivity contribution in [2.24, 2.45) is 4.99 Å². The topological polar surface area (TPSA) is 56.7 Å². The zero-order chi connectivity index (χ0) is 19.1. The number of halogens is 2. The maximum Gasteiger partial charge on any atom is 0.227 e. The van der Waals surface area contributed by atoms with E-state index < -0.39 is 0 Å². The molecular formula is C21H26FIN4O. The van der Waals surface area contributed by atoms with Crippen molar-refractivity contribution in [1.82, 2.24) is 10.6 Å². The zero-order valence-electron chi connectivity index (χ0n) is 16.0. The molecule has 2 N–H and O–H groups in total. The van der Waals surface area contributed by atoms with Crippen molar-refractivity contribution in [2.75, 3.05) is 18.0 Å². The fourth-order valence-electron chi connectivity index (χ4n) is 3.05. The molecule has 0 bridgehead atoms. The van der Waals surface area contributed by atoms with E-state index >= 15 is 0 Å². The zero-order valence-corrected chi connectivity index (χ0v) is 18.3. The van der Waals surface area contributed by atoms with Crippen LogP contribution in [0.3, 0.4) is 0 Å². The van der Waals surface area contributed by atoms with Gasteiger partial charge in [0.15, 0.2) is 5.96 Å². The summed E-state index contributed by atoms with van der Waals surface area (Å²) in [6, 6.07) is 14.5. The predicted molar refractivity (Wildman–Crippen MR) is 121 cm³/mol. The molecule has 1 aliphatic rings. The number of benzene rings is 2. The molecule has 0 spiro atoms. The van der Waals surface area contributed by atoms with Gasteiger partial charge in [-0.05, 0) is 48.7 Å². The minimum absolute atomic E-state index is 0. The van der Waals surface area contributed by atoms with Gasteiger partial charge < -0.3 is 15.5 Å². The Kier molecular flexibility index (Phi) is 8.69. The summed E-state index contributed by atoms with van der Waals surface area (Å²) in [5.41, 5.74) is 2.88. The second-order valence-electron chi connectivity index (χ2n) is 6.49. The fourth-order valence-corrected chi connectivity index (χ4v) is 3.05. The van der Waals surface area contributed by atoms with Gasteiger partial charge in [-0.25, -0.2) is 9.38 Å². The summed E-state index contributed by atoms with van der Waals surface area (Å²) in [7, 11) is 0. The molecule has 150 valence electrons. The third-order valence-corrected chi connectivity index (χ3v) is 4.43. The summed E-state index contributed by atoms with van der Waals surface area (Å²) in [5, 5.41) is 6.48. The first-order valence-electron chi connectivity index (χ1n) is 9.31. The minimum Gasteiger partial charge on any atom is -0.357 e. The van der Waals surface area contributed by atoms with Crippen LogP contribution in [0, 0.1) is 5.82 Å². The van der Waals surface area contributed by atoms with Gasteiger partial charge in [-0.15, -0.1) is 24.0 Å². The smallest absolute Gasteiger partial charge is 0.227 e. The van der Waals surface area contributed by atoms with Crippen LogP contribution < -0.4 is 15.5 Å². The van der Waals surface area contributed by atoms with E-state index in [2.05, 4.69) is 15.6 Å². The molecule has 1 fully saturated rings. The average molecular weight is 496 g/mol. The fraction of sp³-hybridized carbons (Fsp3) is 0.333. The molecule has 2 aromatic carbocycles. The Morgan fingerprint density at radius 3 is 2.57 bits per heavy atom. The Morgan fingerprint density at radius 2 is 1.93 bits per heavy atom. The first-order chi connectivity index (χ1) is 13.2. The van der Waals surface area contributed by atoms with Crippen molar-refractivity contribution in [3.05, 3.63) is 65.5 Å². The highest BCUT2D eigenvalue weighted by Crippen LogP contribution is 2.21. The number of nitrogens with one attached hydrogen (secondary N) is 2. The van der Waals surface area contributed by atoms with E-state index in [9.17, 15) is 9.18 Å². The van der Waals surface area contributed by atoms with Crippen LogP contribution >= 0.6 is 24.0 Å². The molecule has 0 unspecified atom stereocenters. The Morgan fingerprint density at radius 1 is 1.14 bits per heavy atom. The number of guanidine groups is 1. The molecule has 1 saturated heterocycles. The number of amides is 1. The van der Waals surface area contributed by atoms with Crippen molar-refractivity contribution < 1.29 is 9.18 Å². The lowest BCUT2D eigenvalue weighted by molar-refractivity contribution is -0.117. The quantitative estimate of drug-likeness (QED) is 0.363. The van der Waals surface area contributed by atoms with Crippen LogP contribution in [0.15, 0.2) is 53.5 Å². The van der Waals surface area contributed by atoms with E-state index in [-0.39, 0.29) is 35.7 Å². The highest BCUT2D eigenvalue weighted by atomic mass is 127. The average Bonchev–Trinajstić information content (AvgIpc) is 3.10. The molecule has 3 rings (SSSR count). The Bertz CT molecular complexity index is 810. The third kappa shape index (κ3) is 6.19. The van der Waals surface area contributed by atoms with Gasteiger partial charge in [-0.3, -0.25) is 4.79 Å². The standard InChI is InChI=1S/C21H25FN4O.HI/c1-2-23-21(25-15-17-5-3-6-18(22)13-17)24-14-16-8-10-19(11-9-16)26-12-4-7-20(26)27;/h3,5-6,8-11,13H,2,4,7,12,14-15H2,1H3,(H2,23,24,25);1H. The van der Waals surface area contributed by atoms with Gasteiger partial charge in [0.1, 0.15) is 5.82 Å². The Balaban J connectivity index is 0.00000280. The van der Waals surface area contributed by atoms with E-state index in [0.717, 1.165) is 36.3 Å². The van der Waals surface area contributed by atoms with E-state index in [1.165, 1.54) is 12.1 Å². The lowest BCUT2D eigenvalue weighted by Gasteiger charge is -2.16. The van der Waals surface area contributed by atoms with E-state index in [0.29, 0.717) is 25.5 Å². The molecule has 0 atom stereocenters. The molecule has 0 aromatic heterocycles. The van der Waals surface area contributed by atoms with Crippen LogP contribution in [0.25, 0.3) is 0 Å². The number of carbonyl (C=O) groups is 1. The summed E-state index contributed by atoms with van der Waals surface area (Å²) in [4.78, 5) is 18.2. The maximum absolute atomic E-state index is 13.3. The number of aliphatic imine (C=N–C) groups is 1. The highest BCUT2D eigenvalue weighted by Gasteiger charge is 2.21. The van der Waals surface area contributed by atoms with Gasteiger partial charge in [0, 0.05) is 31.7 Å². The van der Waals surface area contributed by atoms with Crippen LogP contribution in [-0.2, 0) is 17.9 Å². The third-order valence-electron chi connectivity index (χ3n) is 4.43. The van der Waals surface area contributed by atoms with Gasteiger partial charge in [-0.1, -0.05) is 24.3 Å². The molecular weight excluding hydrogens is 470 g/mol. The van der Waals surface area contributed by atoms with Crippen molar-refractivity contribution in [3.8, 4) is 0 Å². The van der Waals surface area contributed by atoms with Crippen molar-refractivity contribution in [2.45, 2.75) is 32.9 Å². The molecule has 1 heterocycles.